The zero-order chi connectivity index (χ0) is 19.3. The maximum absolute atomic E-state index is 12.1. The number of benzene rings is 2. The summed E-state index contributed by atoms with van der Waals surface area (Å²) in [4.78, 5) is 23.7. The van der Waals surface area contributed by atoms with Crippen LogP contribution >= 0.6 is 23.2 Å². The molecule has 0 bridgehead atoms. The van der Waals surface area contributed by atoms with Crippen molar-refractivity contribution in [1.82, 2.24) is 5.32 Å². The van der Waals surface area contributed by atoms with Gasteiger partial charge < -0.3 is 15.4 Å². The summed E-state index contributed by atoms with van der Waals surface area (Å²) in [7, 11) is 0. The van der Waals surface area contributed by atoms with Crippen LogP contribution < -0.4 is 15.4 Å². The molecule has 2 aromatic rings. The summed E-state index contributed by atoms with van der Waals surface area (Å²) in [6, 6.07) is 8.83. The highest BCUT2D eigenvalue weighted by atomic mass is 35.5. The molecular formula is C16H11Cl2F3N2O3. The van der Waals surface area contributed by atoms with Gasteiger partial charge in [0, 0.05) is 11.3 Å². The highest BCUT2D eigenvalue weighted by Crippen LogP contribution is 2.24. The van der Waals surface area contributed by atoms with Crippen molar-refractivity contribution in [3.8, 4) is 5.75 Å². The Morgan fingerprint density at radius 3 is 2.23 bits per heavy atom. The fourth-order valence-corrected chi connectivity index (χ4v) is 2.14. The molecule has 0 aliphatic rings. The number of halogens is 5. The summed E-state index contributed by atoms with van der Waals surface area (Å²) in [6.45, 7) is -0.347. The minimum absolute atomic E-state index is 0.199. The highest BCUT2D eigenvalue weighted by Gasteiger charge is 2.30. The maximum Gasteiger partial charge on any atom is 0.573 e. The molecule has 0 unspecified atom stereocenters. The van der Waals surface area contributed by atoms with E-state index < -0.39 is 23.9 Å². The molecule has 138 valence electrons. The summed E-state index contributed by atoms with van der Waals surface area (Å²) < 4.78 is 39.9. The largest absolute Gasteiger partial charge is 0.573 e. The minimum atomic E-state index is -4.79. The zero-order valence-electron chi connectivity index (χ0n) is 12.9. The SMILES string of the molecule is O=C(CNC(=O)c1ccc(Cl)c(Cl)c1)Nc1ccc(OC(F)(F)F)cc1. The molecule has 0 saturated heterocycles. The molecule has 0 fully saturated rings. The van der Waals surface area contributed by atoms with Gasteiger partial charge in [-0.25, -0.2) is 0 Å². The lowest BCUT2D eigenvalue weighted by molar-refractivity contribution is -0.274. The second kappa shape index (κ2) is 8.29. The van der Waals surface area contributed by atoms with E-state index in [9.17, 15) is 22.8 Å². The van der Waals surface area contributed by atoms with Crippen molar-refractivity contribution in [2.24, 2.45) is 0 Å². The molecule has 2 rings (SSSR count). The van der Waals surface area contributed by atoms with Crippen molar-refractivity contribution in [3.63, 3.8) is 0 Å². The van der Waals surface area contributed by atoms with E-state index in [1.165, 1.54) is 30.3 Å². The van der Waals surface area contributed by atoms with E-state index in [1.807, 2.05) is 0 Å². The number of hydrogen-bond donors (Lipinski definition) is 2. The minimum Gasteiger partial charge on any atom is -0.406 e. The molecule has 26 heavy (non-hydrogen) atoms. The topological polar surface area (TPSA) is 67.4 Å². The number of amides is 2. The van der Waals surface area contributed by atoms with Crippen LogP contribution in [0.15, 0.2) is 42.5 Å². The first-order valence-electron chi connectivity index (χ1n) is 7.03. The lowest BCUT2D eigenvalue weighted by atomic mass is 10.2. The van der Waals surface area contributed by atoms with Crippen LogP contribution in [-0.4, -0.2) is 24.7 Å². The monoisotopic (exact) mass is 406 g/mol. The predicted molar refractivity (Wildman–Crippen MR) is 90.5 cm³/mol. The van der Waals surface area contributed by atoms with Crippen LogP contribution in [0.5, 0.6) is 5.75 Å². The maximum atomic E-state index is 12.1. The van der Waals surface area contributed by atoms with Crippen LogP contribution in [0.1, 0.15) is 10.4 Å². The predicted octanol–water partition coefficient (Wildman–Crippen LogP) is 4.26. The van der Waals surface area contributed by atoms with Gasteiger partial charge >= 0.3 is 6.36 Å². The van der Waals surface area contributed by atoms with Crippen LogP contribution in [-0.2, 0) is 4.79 Å². The quantitative estimate of drug-likeness (QED) is 0.779. The Balaban J connectivity index is 1.86. The third kappa shape index (κ3) is 6.12. The van der Waals surface area contributed by atoms with Crippen molar-refractivity contribution in [1.29, 1.82) is 0 Å². The lowest BCUT2D eigenvalue weighted by Crippen LogP contribution is -2.32. The Hall–Kier alpha value is -2.45. The molecule has 0 heterocycles. The first-order chi connectivity index (χ1) is 12.1. The summed E-state index contributed by atoms with van der Waals surface area (Å²) in [5, 5.41) is 5.29. The van der Waals surface area contributed by atoms with Gasteiger partial charge in [0.25, 0.3) is 5.91 Å². The molecule has 0 radical (unpaired) electrons. The highest BCUT2D eigenvalue weighted by molar-refractivity contribution is 6.42. The van der Waals surface area contributed by atoms with Gasteiger partial charge in [-0.05, 0) is 42.5 Å². The first kappa shape index (κ1) is 19.9. The molecular weight excluding hydrogens is 396 g/mol. The van der Waals surface area contributed by atoms with E-state index in [1.54, 1.807) is 0 Å². The average Bonchev–Trinajstić information content (AvgIpc) is 2.55. The summed E-state index contributed by atoms with van der Waals surface area (Å²) in [5.74, 6) is -1.51. The lowest BCUT2D eigenvalue weighted by Gasteiger charge is -2.10. The van der Waals surface area contributed by atoms with E-state index in [0.29, 0.717) is 5.02 Å². The Kier molecular flexibility index (Phi) is 6.33. The van der Waals surface area contributed by atoms with Gasteiger partial charge in [-0.3, -0.25) is 9.59 Å². The van der Waals surface area contributed by atoms with Crippen molar-refractivity contribution in [2.75, 3.05) is 11.9 Å². The van der Waals surface area contributed by atoms with Crippen LogP contribution in [0.3, 0.4) is 0 Å². The standard InChI is InChI=1S/C16H11Cl2F3N2O3/c17-12-6-1-9(7-13(12)18)15(25)22-8-14(24)23-10-2-4-11(5-3-10)26-16(19,20)21/h1-7H,8H2,(H,22,25)(H,23,24). The third-order valence-electron chi connectivity index (χ3n) is 2.96. The molecule has 10 heteroatoms. The van der Waals surface area contributed by atoms with Gasteiger partial charge in [-0.15, -0.1) is 13.2 Å². The van der Waals surface area contributed by atoms with Gasteiger partial charge in [0.2, 0.25) is 5.91 Å². The zero-order valence-corrected chi connectivity index (χ0v) is 14.4. The van der Waals surface area contributed by atoms with Gasteiger partial charge in [0.15, 0.2) is 0 Å². The third-order valence-corrected chi connectivity index (χ3v) is 3.70. The normalized spacial score (nSPS) is 11.0. The molecule has 2 aromatic carbocycles. The first-order valence-corrected chi connectivity index (χ1v) is 7.78. The fraction of sp³-hybridized carbons (Fsp3) is 0.125. The van der Waals surface area contributed by atoms with Gasteiger partial charge in [-0.1, -0.05) is 23.2 Å². The molecule has 0 aliphatic carbocycles. The molecule has 2 amide bonds. The number of carbonyl (C=O) groups excluding carboxylic acids is 2. The smallest absolute Gasteiger partial charge is 0.406 e. The molecule has 2 N–H and O–H groups in total. The Bertz CT molecular complexity index is 811. The van der Waals surface area contributed by atoms with Crippen molar-refractivity contribution >= 4 is 40.7 Å². The van der Waals surface area contributed by atoms with E-state index >= 15 is 0 Å². The molecule has 5 nitrogen and oxygen atoms in total. The van der Waals surface area contributed by atoms with E-state index in [0.717, 1.165) is 12.1 Å². The number of rotatable bonds is 5. The molecule has 0 spiro atoms. The van der Waals surface area contributed by atoms with Gasteiger partial charge in [0.1, 0.15) is 5.75 Å². The van der Waals surface area contributed by atoms with E-state index in [4.69, 9.17) is 23.2 Å². The van der Waals surface area contributed by atoms with Crippen LogP contribution in [0.4, 0.5) is 18.9 Å². The van der Waals surface area contributed by atoms with Crippen LogP contribution in [0.25, 0.3) is 0 Å². The Morgan fingerprint density at radius 2 is 1.65 bits per heavy atom. The number of carbonyl (C=O) groups is 2. The van der Waals surface area contributed by atoms with Gasteiger partial charge in [-0.2, -0.15) is 0 Å². The number of hydrogen-bond acceptors (Lipinski definition) is 3. The number of anilines is 1. The Labute approximate surface area is 156 Å². The number of nitrogens with one attached hydrogen (secondary N) is 2. The number of alkyl halides is 3. The average molecular weight is 407 g/mol. The Morgan fingerprint density at radius 1 is 1.00 bits per heavy atom. The second-order valence-electron chi connectivity index (χ2n) is 4.93. The summed E-state index contributed by atoms with van der Waals surface area (Å²) in [5.41, 5.74) is 0.467. The molecule has 0 atom stereocenters. The molecule has 0 saturated carbocycles. The van der Waals surface area contributed by atoms with Crippen molar-refractivity contribution in [2.45, 2.75) is 6.36 Å². The van der Waals surface area contributed by atoms with Crippen LogP contribution in [0.2, 0.25) is 10.0 Å². The van der Waals surface area contributed by atoms with Gasteiger partial charge in [0.05, 0.1) is 16.6 Å². The van der Waals surface area contributed by atoms with E-state index in [-0.39, 0.29) is 22.8 Å². The fourth-order valence-electron chi connectivity index (χ4n) is 1.85. The molecule has 0 aliphatic heterocycles. The second-order valence-corrected chi connectivity index (χ2v) is 5.75. The summed E-state index contributed by atoms with van der Waals surface area (Å²) >= 11 is 11.6. The van der Waals surface area contributed by atoms with Crippen LogP contribution in [0, 0.1) is 0 Å². The van der Waals surface area contributed by atoms with Crippen molar-refractivity contribution in [3.05, 3.63) is 58.1 Å². The summed E-state index contributed by atoms with van der Waals surface area (Å²) in [6.07, 6.45) is -4.79. The number of ether oxygens (including phenoxy) is 1. The molecule has 0 aromatic heterocycles. The van der Waals surface area contributed by atoms with E-state index in [2.05, 4.69) is 15.4 Å². The van der Waals surface area contributed by atoms with Crippen molar-refractivity contribution < 1.29 is 27.5 Å².